The van der Waals surface area contributed by atoms with Crippen LogP contribution in [-0.4, -0.2) is 6.61 Å². The third-order valence-corrected chi connectivity index (χ3v) is 5.32. The zero-order valence-electron chi connectivity index (χ0n) is 18.5. The number of rotatable bonds is 16. The number of ether oxygens (including phenoxy) is 1. The van der Waals surface area contributed by atoms with E-state index in [2.05, 4.69) is 71.9 Å². The quantitative estimate of drug-likeness (QED) is 0.152. The molecule has 4 unspecified atom stereocenters. The highest BCUT2D eigenvalue weighted by Crippen LogP contribution is 2.33. The first-order valence-electron chi connectivity index (χ1n) is 11.2. The summed E-state index contributed by atoms with van der Waals surface area (Å²) in [5.41, 5.74) is 0. The van der Waals surface area contributed by atoms with Crippen molar-refractivity contribution in [2.45, 2.75) is 92.9 Å². The second kappa shape index (κ2) is 17.4. The average Bonchev–Trinajstić information content (AvgIpc) is 2.64. The molecule has 0 saturated heterocycles. The predicted octanol–water partition coefficient (Wildman–Crippen LogP) is 8.33. The Labute approximate surface area is 165 Å². The first-order valence-corrected chi connectivity index (χ1v) is 11.2. The molecular weight excluding hydrogens is 316 g/mol. The smallest absolute Gasteiger partial charge is 0.0870 e. The van der Waals surface area contributed by atoms with E-state index in [1.54, 1.807) is 0 Å². The van der Waals surface area contributed by atoms with Gasteiger partial charge in [-0.25, -0.2) is 0 Å². The SMILES string of the molecule is CC=CC(CCC=COCCC)C(C)C(C=CCC)CC(C)CCCC. The molecule has 0 N–H and O–H groups in total. The van der Waals surface area contributed by atoms with Gasteiger partial charge in [0.25, 0.3) is 0 Å². The van der Waals surface area contributed by atoms with Gasteiger partial charge in [0.05, 0.1) is 12.9 Å². The lowest BCUT2D eigenvalue weighted by Gasteiger charge is -2.29. The minimum atomic E-state index is 0.640. The predicted molar refractivity (Wildman–Crippen MR) is 118 cm³/mol. The Morgan fingerprint density at radius 2 is 1.65 bits per heavy atom. The molecule has 0 bridgehead atoms. The summed E-state index contributed by atoms with van der Waals surface area (Å²) in [5, 5.41) is 0. The highest BCUT2D eigenvalue weighted by Gasteiger charge is 2.23. The third-order valence-electron chi connectivity index (χ3n) is 5.32. The van der Waals surface area contributed by atoms with E-state index >= 15 is 0 Å². The Kier molecular flexibility index (Phi) is 16.8. The number of hydrogen-bond acceptors (Lipinski definition) is 1. The van der Waals surface area contributed by atoms with E-state index in [0.29, 0.717) is 17.8 Å². The highest BCUT2D eigenvalue weighted by atomic mass is 16.5. The lowest BCUT2D eigenvalue weighted by molar-refractivity contribution is 0.247. The van der Waals surface area contributed by atoms with Crippen molar-refractivity contribution in [3.05, 3.63) is 36.6 Å². The number of allylic oxidation sites excluding steroid dienone is 5. The van der Waals surface area contributed by atoms with Crippen molar-refractivity contribution in [1.82, 2.24) is 0 Å². The van der Waals surface area contributed by atoms with Crippen molar-refractivity contribution < 1.29 is 4.74 Å². The number of hydrogen-bond donors (Lipinski definition) is 0. The molecule has 0 aliphatic heterocycles. The van der Waals surface area contributed by atoms with Gasteiger partial charge in [0.2, 0.25) is 0 Å². The molecule has 152 valence electrons. The maximum atomic E-state index is 5.47. The minimum Gasteiger partial charge on any atom is -0.502 e. The second-order valence-corrected chi connectivity index (χ2v) is 7.85. The Bertz CT molecular complexity index is 380. The summed E-state index contributed by atoms with van der Waals surface area (Å²) in [6.07, 6.45) is 23.5. The van der Waals surface area contributed by atoms with Gasteiger partial charge in [-0.2, -0.15) is 0 Å². The molecule has 0 aliphatic rings. The first-order chi connectivity index (χ1) is 12.6. The monoisotopic (exact) mass is 362 g/mol. The molecule has 0 fully saturated rings. The fraction of sp³-hybridized carbons (Fsp3) is 0.760. The van der Waals surface area contributed by atoms with Gasteiger partial charge >= 0.3 is 0 Å². The number of unbranched alkanes of at least 4 members (excludes halogenated alkanes) is 1. The van der Waals surface area contributed by atoms with Crippen LogP contribution in [0.25, 0.3) is 0 Å². The summed E-state index contributed by atoms with van der Waals surface area (Å²) in [5.74, 6) is 2.82. The van der Waals surface area contributed by atoms with E-state index in [1.807, 2.05) is 6.26 Å². The van der Waals surface area contributed by atoms with Crippen molar-refractivity contribution >= 4 is 0 Å². The van der Waals surface area contributed by atoms with Gasteiger partial charge < -0.3 is 4.74 Å². The van der Waals surface area contributed by atoms with Crippen LogP contribution in [0.4, 0.5) is 0 Å². The molecule has 26 heavy (non-hydrogen) atoms. The summed E-state index contributed by atoms with van der Waals surface area (Å²) in [6.45, 7) is 14.5. The van der Waals surface area contributed by atoms with Crippen molar-refractivity contribution in [2.75, 3.05) is 6.61 Å². The molecule has 0 aromatic rings. The van der Waals surface area contributed by atoms with E-state index in [9.17, 15) is 0 Å². The first kappa shape index (κ1) is 25.0. The van der Waals surface area contributed by atoms with Gasteiger partial charge in [-0.05, 0) is 68.8 Å². The van der Waals surface area contributed by atoms with Crippen LogP contribution in [0.1, 0.15) is 92.9 Å². The molecular formula is C25H46O. The van der Waals surface area contributed by atoms with Crippen LogP contribution in [0.3, 0.4) is 0 Å². The largest absolute Gasteiger partial charge is 0.502 e. The summed E-state index contributed by atoms with van der Waals surface area (Å²) in [7, 11) is 0. The summed E-state index contributed by atoms with van der Waals surface area (Å²) in [4.78, 5) is 0. The van der Waals surface area contributed by atoms with Crippen molar-refractivity contribution in [3.8, 4) is 0 Å². The average molecular weight is 363 g/mol. The van der Waals surface area contributed by atoms with Crippen LogP contribution in [-0.2, 0) is 4.74 Å². The molecule has 0 aliphatic carbocycles. The molecule has 4 atom stereocenters. The standard InChI is InChI=1S/C25H46O/c1-7-11-16-22(5)21-25(17-12-8-2)23(6)24(15-9-3)18-13-14-20-26-19-10-4/h9,12,14-15,17,20,22-25H,7-8,10-11,13,16,18-19,21H2,1-6H3. The highest BCUT2D eigenvalue weighted by molar-refractivity contribution is 4.98. The Hall–Kier alpha value is -0.980. The maximum Gasteiger partial charge on any atom is 0.0870 e. The molecule has 0 heterocycles. The van der Waals surface area contributed by atoms with Crippen molar-refractivity contribution in [2.24, 2.45) is 23.7 Å². The van der Waals surface area contributed by atoms with Crippen LogP contribution in [0.15, 0.2) is 36.6 Å². The normalized spacial score (nSPS) is 17.2. The van der Waals surface area contributed by atoms with Gasteiger partial charge in [-0.3, -0.25) is 0 Å². The topological polar surface area (TPSA) is 9.23 Å². The molecule has 1 heteroatoms. The molecule has 0 aromatic carbocycles. The summed E-state index contributed by atoms with van der Waals surface area (Å²) in [6, 6.07) is 0. The fourth-order valence-electron chi connectivity index (χ4n) is 3.62. The molecule has 0 spiro atoms. The van der Waals surface area contributed by atoms with Crippen LogP contribution >= 0.6 is 0 Å². The molecule has 0 aromatic heterocycles. The van der Waals surface area contributed by atoms with Crippen LogP contribution < -0.4 is 0 Å². The van der Waals surface area contributed by atoms with E-state index in [0.717, 1.165) is 31.8 Å². The van der Waals surface area contributed by atoms with Crippen LogP contribution in [0.2, 0.25) is 0 Å². The lowest BCUT2D eigenvalue weighted by atomic mass is 9.76. The Balaban J connectivity index is 4.81. The third kappa shape index (κ3) is 12.4. The fourth-order valence-corrected chi connectivity index (χ4v) is 3.62. The van der Waals surface area contributed by atoms with E-state index in [4.69, 9.17) is 4.74 Å². The minimum absolute atomic E-state index is 0.640. The van der Waals surface area contributed by atoms with Gasteiger partial charge in [-0.1, -0.05) is 78.2 Å². The van der Waals surface area contributed by atoms with Gasteiger partial charge in [-0.15, -0.1) is 0 Å². The second-order valence-electron chi connectivity index (χ2n) is 7.85. The molecule has 1 nitrogen and oxygen atoms in total. The van der Waals surface area contributed by atoms with E-state index in [1.165, 1.54) is 32.1 Å². The molecule has 0 rings (SSSR count). The van der Waals surface area contributed by atoms with Gasteiger partial charge in [0, 0.05) is 0 Å². The van der Waals surface area contributed by atoms with Gasteiger partial charge in [0.1, 0.15) is 0 Å². The van der Waals surface area contributed by atoms with Crippen molar-refractivity contribution in [3.63, 3.8) is 0 Å². The van der Waals surface area contributed by atoms with E-state index in [-0.39, 0.29) is 0 Å². The van der Waals surface area contributed by atoms with E-state index < -0.39 is 0 Å². The zero-order valence-corrected chi connectivity index (χ0v) is 18.5. The Morgan fingerprint density at radius 1 is 0.885 bits per heavy atom. The molecule has 0 amide bonds. The summed E-state index contributed by atoms with van der Waals surface area (Å²) >= 11 is 0. The molecule has 0 saturated carbocycles. The Morgan fingerprint density at radius 3 is 2.27 bits per heavy atom. The van der Waals surface area contributed by atoms with Crippen molar-refractivity contribution in [1.29, 1.82) is 0 Å². The molecule has 0 radical (unpaired) electrons. The van der Waals surface area contributed by atoms with Crippen LogP contribution in [0, 0.1) is 23.7 Å². The maximum absolute atomic E-state index is 5.47. The lowest BCUT2D eigenvalue weighted by Crippen LogP contribution is -2.20. The van der Waals surface area contributed by atoms with Crippen LogP contribution in [0.5, 0.6) is 0 Å². The summed E-state index contributed by atoms with van der Waals surface area (Å²) < 4.78 is 5.47. The zero-order chi connectivity index (χ0) is 19.6. The van der Waals surface area contributed by atoms with Gasteiger partial charge in [0.15, 0.2) is 0 Å².